The number of nitrogens with one attached hydrogen (secondary N) is 1. The van der Waals surface area contributed by atoms with Gasteiger partial charge in [0.15, 0.2) is 5.71 Å². The average molecular weight is 468 g/mol. The van der Waals surface area contributed by atoms with Gasteiger partial charge in [0.1, 0.15) is 24.3 Å². The lowest BCUT2D eigenvalue weighted by Crippen LogP contribution is -2.29. The van der Waals surface area contributed by atoms with Crippen molar-refractivity contribution < 1.29 is 19.5 Å². The van der Waals surface area contributed by atoms with Gasteiger partial charge in [0.2, 0.25) is 5.88 Å². The summed E-state index contributed by atoms with van der Waals surface area (Å²) >= 11 is 6.46. The van der Waals surface area contributed by atoms with E-state index in [1.54, 1.807) is 24.4 Å². The molecule has 172 valence electrons. The summed E-state index contributed by atoms with van der Waals surface area (Å²) in [6.07, 6.45) is 2.01. The van der Waals surface area contributed by atoms with E-state index in [0.29, 0.717) is 23.1 Å². The number of halogens is 1. The zero-order valence-electron chi connectivity index (χ0n) is 18.7. The first-order valence-electron chi connectivity index (χ1n) is 10.4. The molecular formula is C25H26ClN3O4. The van der Waals surface area contributed by atoms with Crippen LogP contribution in [0.1, 0.15) is 35.6 Å². The molecule has 2 N–H and O–H groups in total. The molecule has 3 rings (SSSR count). The molecule has 3 aromatic rings. The SMILES string of the molecule is CCC(O)(c1ccccc1)c1cnc(OCc2ccccc2/C(=N/OC)C(=O)NC)c(Cl)c1. The molecule has 7 nitrogen and oxygen atoms in total. The number of oxime groups is 1. The second kappa shape index (κ2) is 10.9. The van der Waals surface area contributed by atoms with Gasteiger partial charge >= 0.3 is 0 Å². The largest absolute Gasteiger partial charge is 0.472 e. The standard InChI is InChI=1S/C25H26ClN3O4/c1-4-25(31,18-11-6-5-7-12-18)19-14-21(26)24(28-15-19)33-16-17-10-8-9-13-20(17)22(29-32-3)23(30)27-2/h5-15,31H,4,16H2,1-3H3,(H,27,30)/b29-22-. The summed E-state index contributed by atoms with van der Waals surface area (Å²) in [6.45, 7) is 1.99. The minimum atomic E-state index is -1.22. The van der Waals surface area contributed by atoms with Gasteiger partial charge in [-0.3, -0.25) is 4.79 Å². The Balaban J connectivity index is 1.86. The van der Waals surface area contributed by atoms with Crippen molar-refractivity contribution >= 4 is 23.2 Å². The molecule has 0 saturated heterocycles. The molecule has 0 spiro atoms. The Labute approximate surface area is 198 Å². The van der Waals surface area contributed by atoms with Crippen molar-refractivity contribution in [1.29, 1.82) is 0 Å². The van der Waals surface area contributed by atoms with Crippen LogP contribution in [0.3, 0.4) is 0 Å². The first kappa shape index (κ1) is 24.2. The Morgan fingerprint density at radius 2 is 1.85 bits per heavy atom. The van der Waals surface area contributed by atoms with Crippen molar-refractivity contribution in [3.63, 3.8) is 0 Å². The van der Waals surface area contributed by atoms with Crippen LogP contribution < -0.4 is 10.1 Å². The number of rotatable bonds is 9. The molecular weight excluding hydrogens is 442 g/mol. The van der Waals surface area contributed by atoms with Crippen molar-refractivity contribution in [2.75, 3.05) is 14.2 Å². The summed E-state index contributed by atoms with van der Waals surface area (Å²) in [5.41, 5.74) is 1.51. The lowest BCUT2D eigenvalue weighted by Gasteiger charge is -2.28. The summed E-state index contributed by atoms with van der Waals surface area (Å²) < 4.78 is 5.86. The quantitative estimate of drug-likeness (QED) is 0.365. The first-order chi connectivity index (χ1) is 15.9. The van der Waals surface area contributed by atoms with E-state index in [4.69, 9.17) is 21.2 Å². The van der Waals surface area contributed by atoms with Crippen molar-refractivity contribution in [2.24, 2.45) is 5.16 Å². The second-order valence-corrected chi connectivity index (χ2v) is 7.65. The Morgan fingerprint density at radius 3 is 2.48 bits per heavy atom. The van der Waals surface area contributed by atoms with Crippen LogP contribution in [0.15, 0.2) is 72.0 Å². The highest BCUT2D eigenvalue weighted by molar-refractivity contribution is 6.45. The molecule has 1 unspecified atom stereocenters. The molecule has 0 aliphatic heterocycles. The van der Waals surface area contributed by atoms with Crippen molar-refractivity contribution in [2.45, 2.75) is 25.6 Å². The van der Waals surface area contributed by atoms with Crippen LogP contribution in [0.25, 0.3) is 0 Å². The number of aliphatic hydroxyl groups is 1. The molecule has 2 aromatic carbocycles. The Kier molecular flexibility index (Phi) is 8.03. The maximum absolute atomic E-state index is 12.2. The third kappa shape index (κ3) is 5.32. The van der Waals surface area contributed by atoms with Crippen molar-refractivity contribution in [3.05, 3.63) is 94.1 Å². The Bertz CT molecular complexity index is 1140. The van der Waals surface area contributed by atoms with Gasteiger partial charge in [0.25, 0.3) is 5.91 Å². The number of carbonyl (C=O) groups is 1. The number of pyridine rings is 1. The predicted octanol–water partition coefficient (Wildman–Crippen LogP) is 4.06. The molecule has 1 heterocycles. The number of likely N-dealkylation sites (N-methyl/N-ethyl adjacent to an activating group) is 1. The highest BCUT2D eigenvalue weighted by Crippen LogP contribution is 2.35. The van der Waals surface area contributed by atoms with Crippen LogP contribution in [0.4, 0.5) is 0 Å². The Morgan fingerprint density at radius 1 is 1.15 bits per heavy atom. The van der Waals surface area contributed by atoms with E-state index in [2.05, 4.69) is 15.5 Å². The van der Waals surface area contributed by atoms with Gasteiger partial charge in [-0.15, -0.1) is 0 Å². The van der Waals surface area contributed by atoms with E-state index in [9.17, 15) is 9.90 Å². The molecule has 0 bridgehead atoms. The van der Waals surface area contributed by atoms with Gasteiger partial charge in [-0.2, -0.15) is 0 Å². The monoisotopic (exact) mass is 467 g/mol. The molecule has 0 saturated carbocycles. The van der Waals surface area contributed by atoms with E-state index in [-0.39, 0.29) is 29.1 Å². The van der Waals surface area contributed by atoms with Crippen LogP contribution in [0.2, 0.25) is 5.02 Å². The smallest absolute Gasteiger partial charge is 0.273 e. The first-order valence-corrected chi connectivity index (χ1v) is 10.8. The Hall–Kier alpha value is -3.42. The normalized spacial score (nSPS) is 13.2. The number of hydrogen-bond acceptors (Lipinski definition) is 6. The summed E-state index contributed by atoms with van der Waals surface area (Å²) in [5, 5.41) is 18.0. The lowest BCUT2D eigenvalue weighted by atomic mass is 9.85. The van der Waals surface area contributed by atoms with Gasteiger partial charge < -0.3 is 20.0 Å². The second-order valence-electron chi connectivity index (χ2n) is 7.24. The van der Waals surface area contributed by atoms with Gasteiger partial charge in [0.05, 0.1) is 0 Å². The fourth-order valence-electron chi connectivity index (χ4n) is 3.49. The zero-order valence-corrected chi connectivity index (χ0v) is 19.5. The van der Waals surface area contributed by atoms with E-state index >= 15 is 0 Å². The molecule has 0 radical (unpaired) electrons. The van der Waals surface area contributed by atoms with E-state index in [1.165, 1.54) is 14.2 Å². The number of amides is 1. The maximum Gasteiger partial charge on any atom is 0.273 e. The fraction of sp³-hybridized carbons (Fsp3) is 0.240. The van der Waals surface area contributed by atoms with Crippen LogP contribution in [0.5, 0.6) is 5.88 Å². The molecule has 1 amide bonds. The maximum atomic E-state index is 12.2. The number of benzene rings is 2. The third-order valence-electron chi connectivity index (χ3n) is 5.31. The summed E-state index contributed by atoms with van der Waals surface area (Å²) in [7, 11) is 2.89. The highest BCUT2D eigenvalue weighted by atomic mass is 35.5. The average Bonchev–Trinajstić information content (AvgIpc) is 2.86. The molecule has 1 atom stereocenters. The lowest BCUT2D eigenvalue weighted by molar-refractivity contribution is -0.114. The fourth-order valence-corrected chi connectivity index (χ4v) is 3.71. The van der Waals surface area contributed by atoms with Gasteiger partial charge in [-0.05, 0) is 23.6 Å². The molecule has 1 aromatic heterocycles. The molecule has 33 heavy (non-hydrogen) atoms. The van der Waals surface area contributed by atoms with Crippen LogP contribution >= 0.6 is 11.6 Å². The van der Waals surface area contributed by atoms with E-state index in [1.807, 2.05) is 49.4 Å². The molecule has 0 aliphatic carbocycles. The topological polar surface area (TPSA) is 93.0 Å². The minimum absolute atomic E-state index is 0.0959. The summed E-state index contributed by atoms with van der Waals surface area (Å²) in [5.74, 6) is -0.170. The van der Waals surface area contributed by atoms with Gasteiger partial charge in [-0.1, -0.05) is 78.3 Å². The minimum Gasteiger partial charge on any atom is -0.472 e. The van der Waals surface area contributed by atoms with E-state index < -0.39 is 5.60 Å². The molecule has 0 aliphatic rings. The summed E-state index contributed by atoms with van der Waals surface area (Å²) in [4.78, 5) is 21.4. The zero-order chi connectivity index (χ0) is 23.8. The number of hydrogen-bond donors (Lipinski definition) is 2. The number of aromatic nitrogens is 1. The molecule has 0 fully saturated rings. The van der Waals surface area contributed by atoms with Crippen molar-refractivity contribution in [3.8, 4) is 5.88 Å². The van der Waals surface area contributed by atoms with Gasteiger partial charge in [0, 0.05) is 24.4 Å². The molecule has 8 heteroatoms. The van der Waals surface area contributed by atoms with Crippen molar-refractivity contribution in [1.82, 2.24) is 10.3 Å². The highest BCUT2D eigenvalue weighted by Gasteiger charge is 2.30. The van der Waals surface area contributed by atoms with Crippen LogP contribution in [-0.2, 0) is 21.8 Å². The van der Waals surface area contributed by atoms with Crippen LogP contribution in [0, 0.1) is 0 Å². The van der Waals surface area contributed by atoms with E-state index in [0.717, 1.165) is 5.56 Å². The number of carbonyl (C=O) groups excluding carboxylic acids is 1. The predicted molar refractivity (Wildman–Crippen MR) is 127 cm³/mol. The summed E-state index contributed by atoms with van der Waals surface area (Å²) in [6, 6.07) is 18.2. The van der Waals surface area contributed by atoms with Gasteiger partial charge in [-0.25, -0.2) is 4.98 Å². The number of nitrogens with zero attached hydrogens (tertiary/aromatic N) is 2. The number of ether oxygens (including phenoxy) is 1. The van der Waals surface area contributed by atoms with Crippen LogP contribution in [-0.4, -0.2) is 35.9 Å². The third-order valence-corrected chi connectivity index (χ3v) is 5.58.